The van der Waals surface area contributed by atoms with Gasteiger partial charge in [-0.1, -0.05) is 13.3 Å². The smallest absolute Gasteiger partial charge is 0.0940 e. The molecular weight excluding hydrogens is 166 g/mol. The molecule has 0 aliphatic carbocycles. The average Bonchev–Trinajstić information content (AvgIpc) is 2.04. The first-order valence-corrected chi connectivity index (χ1v) is 5.07. The van der Waals surface area contributed by atoms with E-state index in [4.69, 9.17) is 9.47 Å². The third-order valence-corrected chi connectivity index (χ3v) is 2.45. The lowest BCUT2D eigenvalue weighted by Crippen LogP contribution is -2.53. The van der Waals surface area contributed by atoms with Crippen molar-refractivity contribution in [3.63, 3.8) is 0 Å². The average molecular weight is 187 g/mol. The Morgan fingerprint density at radius 1 is 1.62 bits per heavy atom. The molecule has 1 aliphatic rings. The SMILES string of the molecule is CCCC1(C)CNCC(COC)O1. The Morgan fingerprint density at radius 3 is 3.00 bits per heavy atom. The molecule has 0 saturated carbocycles. The molecule has 1 saturated heterocycles. The van der Waals surface area contributed by atoms with Crippen LogP contribution in [0, 0.1) is 0 Å². The van der Waals surface area contributed by atoms with Gasteiger partial charge < -0.3 is 14.8 Å². The predicted octanol–water partition coefficient (Wildman–Crippen LogP) is 1.18. The van der Waals surface area contributed by atoms with Gasteiger partial charge in [0.1, 0.15) is 0 Å². The maximum absolute atomic E-state index is 5.97. The van der Waals surface area contributed by atoms with Gasteiger partial charge in [0.2, 0.25) is 0 Å². The zero-order valence-corrected chi connectivity index (χ0v) is 8.93. The van der Waals surface area contributed by atoms with Crippen LogP contribution in [0.5, 0.6) is 0 Å². The van der Waals surface area contributed by atoms with E-state index in [1.807, 2.05) is 0 Å². The zero-order valence-electron chi connectivity index (χ0n) is 8.93. The highest BCUT2D eigenvalue weighted by Crippen LogP contribution is 2.21. The van der Waals surface area contributed by atoms with Gasteiger partial charge in [0.15, 0.2) is 0 Å². The van der Waals surface area contributed by atoms with Crippen molar-refractivity contribution in [2.45, 2.75) is 38.4 Å². The van der Waals surface area contributed by atoms with Crippen molar-refractivity contribution in [3.8, 4) is 0 Å². The molecule has 3 nitrogen and oxygen atoms in total. The van der Waals surface area contributed by atoms with Gasteiger partial charge in [-0.2, -0.15) is 0 Å². The molecule has 0 aromatic heterocycles. The summed E-state index contributed by atoms with van der Waals surface area (Å²) in [5.74, 6) is 0. The quantitative estimate of drug-likeness (QED) is 0.717. The number of hydrogen-bond donors (Lipinski definition) is 1. The van der Waals surface area contributed by atoms with Crippen LogP contribution in [0.2, 0.25) is 0 Å². The molecular formula is C10H21NO2. The van der Waals surface area contributed by atoms with Gasteiger partial charge in [0, 0.05) is 20.2 Å². The van der Waals surface area contributed by atoms with E-state index in [2.05, 4.69) is 19.2 Å². The molecule has 1 rings (SSSR count). The van der Waals surface area contributed by atoms with Crippen molar-refractivity contribution in [2.75, 3.05) is 26.8 Å². The molecule has 0 spiro atoms. The van der Waals surface area contributed by atoms with Crippen LogP contribution in [-0.2, 0) is 9.47 Å². The lowest BCUT2D eigenvalue weighted by Gasteiger charge is -2.39. The molecule has 2 atom stereocenters. The van der Waals surface area contributed by atoms with Crippen molar-refractivity contribution in [1.82, 2.24) is 5.32 Å². The molecule has 13 heavy (non-hydrogen) atoms. The fourth-order valence-corrected chi connectivity index (χ4v) is 1.94. The summed E-state index contributed by atoms with van der Waals surface area (Å²) < 4.78 is 11.1. The lowest BCUT2D eigenvalue weighted by molar-refractivity contribution is -0.128. The highest BCUT2D eigenvalue weighted by molar-refractivity contribution is 4.84. The molecule has 2 unspecified atom stereocenters. The molecule has 0 amide bonds. The van der Waals surface area contributed by atoms with Gasteiger partial charge in [-0.05, 0) is 13.3 Å². The standard InChI is InChI=1S/C10H21NO2/c1-4-5-10(2)8-11-6-9(13-10)7-12-3/h9,11H,4-8H2,1-3H3. The summed E-state index contributed by atoms with van der Waals surface area (Å²) in [5, 5.41) is 3.39. The third kappa shape index (κ3) is 3.25. The second-order valence-corrected chi connectivity index (χ2v) is 4.03. The maximum atomic E-state index is 5.97. The van der Waals surface area contributed by atoms with Crippen LogP contribution in [-0.4, -0.2) is 38.5 Å². The fraction of sp³-hybridized carbons (Fsp3) is 1.00. The summed E-state index contributed by atoms with van der Waals surface area (Å²) in [7, 11) is 1.72. The largest absolute Gasteiger partial charge is 0.382 e. The highest BCUT2D eigenvalue weighted by Gasteiger charge is 2.31. The molecule has 1 N–H and O–H groups in total. The maximum Gasteiger partial charge on any atom is 0.0940 e. The van der Waals surface area contributed by atoms with Crippen LogP contribution in [0.15, 0.2) is 0 Å². The van der Waals surface area contributed by atoms with Crippen molar-refractivity contribution in [1.29, 1.82) is 0 Å². The van der Waals surface area contributed by atoms with E-state index in [0.29, 0.717) is 6.61 Å². The first-order chi connectivity index (χ1) is 6.20. The Hall–Kier alpha value is -0.120. The molecule has 3 heteroatoms. The van der Waals surface area contributed by atoms with Crippen molar-refractivity contribution >= 4 is 0 Å². The van der Waals surface area contributed by atoms with E-state index in [9.17, 15) is 0 Å². The molecule has 0 radical (unpaired) electrons. The van der Waals surface area contributed by atoms with Gasteiger partial charge in [0.05, 0.1) is 18.3 Å². The van der Waals surface area contributed by atoms with Gasteiger partial charge >= 0.3 is 0 Å². The van der Waals surface area contributed by atoms with E-state index in [1.54, 1.807) is 7.11 Å². The second kappa shape index (κ2) is 4.94. The predicted molar refractivity (Wildman–Crippen MR) is 52.9 cm³/mol. The van der Waals surface area contributed by atoms with E-state index in [-0.39, 0.29) is 11.7 Å². The first-order valence-electron chi connectivity index (χ1n) is 5.07. The molecule has 1 heterocycles. The topological polar surface area (TPSA) is 30.5 Å². The fourth-order valence-electron chi connectivity index (χ4n) is 1.94. The number of nitrogens with one attached hydrogen (secondary N) is 1. The van der Waals surface area contributed by atoms with Crippen LogP contribution in [0.1, 0.15) is 26.7 Å². The number of hydrogen-bond acceptors (Lipinski definition) is 3. The minimum atomic E-state index is 0.0101. The van der Waals surface area contributed by atoms with Gasteiger partial charge in [-0.3, -0.25) is 0 Å². The Balaban J connectivity index is 2.39. The van der Waals surface area contributed by atoms with Gasteiger partial charge in [0.25, 0.3) is 0 Å². The minimum Gasteiger partial charge on any atom is -0.382 e. The summed E-state index contributed by atoms with van der Waals surface area (Å²) in [4.78, 5) is 0. The molecule has 0 bridgehead atoms. The van der Waals surface area contributed by atoms with Crippen LogP contribution >= 0.6 is 0 Å². The van der Waals surface area contributed by atoms with Crippen molar-refractivity contribution < 1.29 is 9.47 Å². The molecule has 78 valence electrons. The Morgan fingerprint density at radius 2 is 2.38 bits per heavy atom. The molecule has 0 aromatic carbocycles. The minimum absolute atomic E-state index is 0.0101. The van der Waals surface area contributed by atoms with Crippen LogP contribution in [0.4, 0.5) is 0 Å². The first kappa shape index (κ1) is 11.0. The van der Waals surface area contributed by atoms with Crippen LogP contribution in [0.3, 0.4) is 0 Å². The molecule has 1 fully saturated rings. The second-order valence-electron chi connectivity index (χ2n) is 4.03. The summed E-state index contributed by atoms with van der Waals surface area (Å²) in [6.45, 7) is 6.92. The van der Waals surface area contributed by atoms with E-state index >= 15 is 0 Å². The number of methoxy groups -OCH3 is 1. The summed E-state index contributed by atoms with van der Waals surface area (Å²) in [6, 6.07) is 0. The van der Waals surface area contributed by atoms with E-state index in [0.717, 1.165) is 25.9 Å². The summed E-state index contributed by atoms with van der Waals surface area (Å²) >= 11 is 0. The van der Waals surface area contributed by atoms with E-state index < -0.39 is 0 Å². The van der Waals surface area contributed by atoms with Crippen LogP contribution < -0.4 is 5.32 Å². The summed E-state index contributed by atoms with van der Waals surface area (Å²) in [5.41, 5.74) is 0.0101. The molecule has 1 aliphatic heterocycles. The highest BCUT2D eigenvalue weighted by atomic mass is 16.5. The van der Waals surface area contributed by atoms with Crippen molar-refractivity contribution in [2.24, 2.45) is 0 Å². The number of ether oxygens (including phenoxy) is 2. The number of morpholine rings is 1. The summed E-state index contributed by atoms with van der Waals surface area (Å²) in [6.07, 6.45) is 2.49. The monoisotopic (exact) mass is 187 g/mol. The number of rotatable bonds is 4. The normalized spacial score (nSPS) is 34.8. The van der Waals surface area contributed by atoms with Gasteiger partial charge in [-0.25, -0.2) is 0 Å². The van der Waals surface area contributed by atoms with E-state index in [1.165, 1.54) is 0 Å². The van der Waals surface area contributed by atoms with Crippen LogP contribution in [0.25, 0.3) is 0 Å². The lowest BCUT2D eigenvalue weighted by atomic mass is 9.98. The molecule has 0 aromatic rings. The van der Waals surface area contributed by atoms with Crippen molar-refractivity contribution in [3.05, 3.63) is 0 Å². The Kier molecular flexibility index (Phi) is 4.16. The Labute approximate surface area is 80.8 Å². The third-order valence-electron chi connectivity index (χ3n) is 2.45. The van der Waals surface area contributed by atoms with Gasteiger partial charge in [-0.15, -0.1) is 0 Å². The zero-order chi connectivity index (χ0) is 9.73. The Bertz CT molecular complexity index is 146.